The molecule has 2 saturated heterocycles. The number of benzene rings is 2. The van der Waals surface area contributed by atoms with Crippen LogP contribution in [0.15, 0.2) is 48.5 Å². The molecule has 2 fully saturated rings. The van der Waals surface area contributed by atoms with Gasteiger partial charge in [-0.3, -0.25) is 19.3 Å². The van der Waals surface area contributed by atoms with Crippen molar-refractivity contribution in [2.24, 2.45) is 0 Å². The molecule has 2 aliphatic rings. The Morgan fingerprint density at radius 2 is 1.71 bits per heavy atom. The highest BCUT2D eigenvalue weighted by Crippen LogP contribution is 2.28. The molecule has 0 N–H and O–H groups in total. The summed E-state index contributed by atoms with van der Waals surface area (Å²) in [5.41, 5.74) is 2.64. The maximum atomic E-state index is 12.8. The van der Waals surface area contributed by atoms with Crippen LogP contribution in [0.25, 0.3) is 11.1 Å². The lowest BCUT2D eigenvalue weighted by atomic mass is 10.0. The van der Waals surface area contributed by atoms with Gasteiger partial charge in [0.15, 0.2) is 0 Å². The SMILES string of the molecule is O=C(c1ccc(-c2cccc(Cl)c2)cc1)N1CCC(N2C(=O)CSC2=O)CC1. The fraction of sp³-hybridized carbons (Fsp3) is 0.286. The van der Waals surface area contributed by atoms with Gasteiger partial charge in [-0.1, -0.05) is 47.6 Å². The highest BCUT2D eigenvalue weighted by molar-refractivity contribution is 8.14. The summed E-state index contributed by atoms with van der Waals surface area (Å²) in [6.07, 6.45) is 1.26. The molecule has 0 bridgehead atoms. The van der Waals surface area contributed by atoms with E-state index in [2.05, 4.69) is 0 Å². The number of hydrogen-bond acceptors (Lipinski definition) is 4. The lowest BCUT2D eigenvalue weighted by Gasteiger charge is -2.35. The molecule has 0 spiro atoms. The van der Waals surface area contributed by atoms with Gasteiger partial charge < -0.3 is 4.90 Å². The predicted octanol–water partition coefficient (Wildman–Crippen LogP) is 4.31. The third-order valence-electron chi connectivity index (χ3n) is 5.19. The van der Waals surface area contributed by atoms with Gasteiger partial charge in [-0.15, -0.1) is 0 Å². The Kier molecular flexibility index (Phi) is 5.42. The second-order valence-corrected chi connectivity index (χ2v) is 8.29. The Morgan fingerprint density at radius 3 is 2.32 bits per heavy atom. The van der Waals surface area contributed by atoms with Gasteiger partial charge in [0.2, 0.25) is 5.91 Å². The highest BCUT2D eigenvalue weighted by atomic mass is 35.5. The van der Waals surface area contributed by atoms with Crippen LogP contribution in [0.1, 0.15) is 23.2 Å². The maximum absolute atomic E-state index is 12.8. The van der Waals surface area contributed by atoms with E-state index in [-0.39, 0.29) is 28.8 Å². The van der Waals surface area contributed by atoms with Crippen LogP contribution in [0.3, 0.4) is 0 Å². The zero-order valence-corrected chi connectivity index (χ0v) is 16.7. The van der Waals surface area contributed by atoms with Gasteiger partial charge >= 0.3 is 0 Å². The minimum atomic E-state index is -0.161. The van der Waals surface area contributed by atoms with E-state index in [0.29, 0.717) is 36.5 Å². The smallest absolute Gasteiger partial charge is 0.289 e. The summed E-state index contributed by atoms with van der Waals surface area (Å²) in [4.78, 5) is 39.7. The fourth-order valence-corrected chi connectivity index (χ4v) is 4.67. The largest absolute Gasteiger partial charge is 0.338 e. The lowest BCUT2D eigenvalue weighted by molar-refractivity contribution is -0.126. The summed E-state index contributed by atoms with van der Waals surface area (Å²) in [5.74, 6) is 0.0951. The van der Waals surface area contributed by atoms with Crippen molar-refractivity contribution in [2.75, 3.05) is 18.8 Å². The van der Waals surface area contributed by atoms with Crippen LogP contribution in [-0.4, -0.2) is 51.7 Å². The Labute approximate surface area is 172 Å². The number of hydrogen-bond donors (Lipinski definition) is 0. The number of piperidine rings is 1. The first kappa shape index (κ1) is 19.0. The Bertz CT molecular complexity index is 908. The molecule has 5 nitrogen and oxygen atoms in total. The molecule has 0 saturated carbocycles. The summed E-state index contributed by atoms with van der Waals surface area (Å²) in [6, 6.07) is 15.0. The Balaban J connectivity index is 1.40. The van der Waals surface area contributed by atoms with Crippen molar-refractivity contribution in [2.45, 2.75) is 18.9 Å². The molecule has 4 rings (SSSR count). The number of likely N-dealkylation sites (tertiary alicyclic amines) is 1. The lowest BCUT2D eigenvalue weighted by Crippen LogP contribution is -2.48. The zero-order chi connectivity index (χ0) is 19.7. The average molecular weight is 415 g/mol. The maximum Gasteiger partial charge on any atom is 0.289 e. The van der Waals surface area contributed by atoms with Crippen molar-refractivity contribution in [3.63, 3.8) is 0 Å². The number of halogens is 1. The zero-order valence-electron chi connectivity index (χ0n) is 15.1. The van der Waals surface area contributed by atoms with Crippen molar-refractivity contribution in [1.29, 1.82) is 0 Å². The van der Waals surface area contributed by atoms with Gasteiger partial charge in [0.1, 0.15) is 0 Å². The van der Waals surface area contributed by atoms with Crippen LogP contribution in [0, 0.1) is 0 Å². The second kappa shape index (κ2) is 7.97. The van der Waals surface area contributed by atoms with E-state index in [1.54, 1.807) is 4.90 Å². The van der Waals surface area contributed by atoms with Crippen molar-refractivity contribution in [3.05, 3.63) is 59.1 Å². The number of carbonyl (C=O) groups excluding carboxylic acids is 3. The Hall–Kier alpha value is -2.31. The Morgan fingerprint density at radius 1 is 1.00 bits per heavy atom. The number of imide groups is 1. The standard InChI is InChI=1S/C21H19ClN2O3S/c22-17-3-1-2-16(12-17)14-4-6-15(7-5-14)20(26)23-10-8-18(9-11-23)24-19(25)13-28-21(24)27/h1-7,12,18H,8-11,13H2. The van der Waals surface area contributed by atoms with E-state index < -0.39 is 0 Å². The highest BCUT2D eigenvalue weighted by Gasteiger charge is 2.38. The number of carbonyl (C=O) groups is 3. The van der Waals surface area contributed by atoms with Crippen LogP contribution in [0.2, 0.25) is 5.02 Å². The van der Waals surface area contributed by atoms with E-state index in [9.17, 15) is 14.4 Å². The molecule has 7 heteroatoms. The molecule has 0 atom stereocenters. The van der Waals surface area contributed by atoms with E-state index in [4.69, 9.17) is 11.6 Å². The van der Waals surface area contributed by atoms with Crippen LogP contribution in [0.5, 0.6) is 0 Å². The molecule has 144 valence electrons. The first-order valence-corrected chi connectivity index (χ1v) is 10.5. The average Bonchev–Trinajstić information content (AvgIpc) is 3.06. The van der Waals surface area contributed by atoms with Gasteiger partial charge in [-0.2, -0.15) is 0 Å². The van der Waals surface area contributed by atoms with Crippen molar-refractivity contribution in [3.8, 4) is 11.1 Å². The van der Waals surface area contributed by atoms with Gasteiger partial charge in [0, 0.05) is 29.7 Å². The first-order valence-electron chi connectivity index (χ1n) is 9.17. The monoisotopic (exact) mass is 414 g/mol. The van der Waals surface area contributed by atoms with Crippen molar-refractivity contribution < 1.29 is 14.4 Å². The summed E-state index contributed by atoms with van der Waals surface area (Å²) >= 11 is 7.11. The summed E-state index contributed by atoms with van der Waals surface area (Å²) in [5, 5.41) is 0.514. The van der Waals surface area contributed by atoms with Crippen LogP contribution >= 0.6 is 23.4 Å². The third kappa shape index (κ3) is 3.80. The molecule has 0 aliphatic carbocycles. The topological polar surface area (TPSA) is 57.7 Å². The number of thioether (sulfide) groups is 1. The molecule has 0 aromatic heterocycles. The molecule has 0 radical (unpaired) electrons. The minimum absolute atomic E-state index is 0.0236. The summed E-state index contributed by atoms with van der Waals surface area (Å²) in [7, 11) is 0. The van der Waals surface area contributed by atoms with Crippen LogP contribution in [0.4, 0.5) is 4.79 Å². The molecule has 28 heavy (non-hydrogen) atoms. The summed E-state index contributed by atoms with van der Waals surface area (Å²) < 4.78 is 0. The van der Waals surface area contributed by atoms with Crippen LogP contribution < -0.4 is 0 Å². The van der Waals surface area contributed by atoms with Gasteiger partial charge in [0.25, 0.3) is 11.1 Å². The van der Waals surface area contributed by atoms with Crippen molar-refractivity contribution in [1.82, 2.24) is 9.80 Å². The van der Waals surface area contributed by atoms with Crippen molar-refractivity contribution >= 4 is 40.4 Å². The van der Waals surface area contributed by atoms with Gasteiger partial charge in [0.05, 0.1) is 5.75 Å². The number of nitrogens with zero attached hydrogens (tertiary/aromatic N) is 2. The minimum Gasteiger partial charge on any atom is -0.338 e. The van der Waals surface area contributed by atoms with Crippen LogP contribution in [-0.2, 0) is 4.79 Å². The van der Waals surface area contributed by atoms with E-state index in [0.717, 1.165) is 22.9 Å². The fourth-order valence-electron chi connectivity index (χ4n) is 3.70. The number of amides is 3. The van der Waals surface area contributed by atoms with E-state index >= 15 is 0 Å². The molecule has 2 heterocycles. The quantitative estimate of drug-likeness (QED) is 0.751. The molecule has 0 unspecified atom stereocenters. The second-order valence-electron chi connectivity index (χ2n) is 6.93. The van der Waals surface area contributed by atoms with E-state index in [1.165, 1.54) is 4.90 Å². The van der Waals surface area contributed by atoms with E-state index in [1.807, 2.05) is 48.5 Å². The first-order chi connectivity index (χ1) is 13.5. The third-order valence-corrected chi connectivity index (χ3v) is 6.26. The molecular formula is C21H19ClN2O3S. The normalized spacial score (nSPS) is 18.0. The molecule has 3 amide bonds. The van der Waals surface area contributed by atoms with Gasteiger partial charge in [-0.25, -0.2) is 0 Å². The molecular weight excluding hydrogens is 396 g/mol. The molecule has 2 aromatic carbocycles. The predicted molar refractivity (Wildman–Crippen MR) is 111 cm³/mol. The number of rotatable bonds is 3. The van der Waals surface area contributed by atoms with Gasteiger partial charge in [-0.05, 0) is 48.2 Å². The molecule has 2 aromatic rings. The summed E-state index contributed by atoms with van der Waals surface area (Å²) in [6.45, 7) is 1.09. The molecule has 2 aliphatic heterocycles.